The fourth-order valence-corrected chi connectivity index (χ4v) is 4.09. The lowest BCUT2D eigenvalue weighted by molar-refractivity contribution is 0.102. The number of anilines is 1. The molecule has 1 amide bonds. The first-order valence-electron chi connectivity index (χ1n) is 8.93. The maximum absolute atomic E-state index is 13.5. The van der Waals surface area contributed by atoms with Gasteiger partial charge in [0.05, 0.1) is 16.7 Å². The molecule has 4 rings (SSSR count). The van der Waals surface area contributed by atoms with Crippen LogP contribution in [0, 0.1) is 5.82 Å². The molecular weight excluding hydrogens is 389 g/mol. The Bertz CT molecular complexity index is 1280. The third kappa shape index (κ3) is 3.69. The number of hydrogen-bond donors (Lipinski definition) is 1. The topological polar surface area (TPSA) is 56.0 Å². The third-order valence-electron chi connectivity index (χ3n) is 4.68. The van der Waals surface area contributed by atoms with Crippen molar-refractivity contribution in [2.45, 2.75) is 9.79 Å². The summed E-state index contributed by atoms with van der Waals surface area (Å²) in [5.41, 5.74) is 2.10. The van der Waals surface area contributed by atoms with Crippen molar-refractivity contribution in [2.24, 2.45) is 14.1 Å². The summed E-state index contributed by atoms with van der Waals surface area (Å²) in [7, 11) is 3.40. The van der Waals surface area contributed by atoms with Crippen molar-refractivity contribution in [3.8, 4) is 0 Å². The Labute approximate surface area is 170 Å². The second-order valence-electron chi connectivity index (χ2n) is 6.62. The average Bonchev–Trinajstić information content (AvgIpc) is 2.93. The normalized spacial score (nSPS) is 11.0. The number of rotatable bonds is 4. The zero-order valence-corrected chi connectivity index (χ0v) is 16.7. The molecule has 3 aromatic carbocycles. The molecule has 0 saturated heterocycles. The zero-order valence-electron chi connectivity index (χ0n) is 15.8. The first kappa shape index (κ1) is 19.0. The molecule has 29 heavy (non-hydrogen) atoms. The summed E-state index contributed by atoms with van der Waals surface area (Å²) >= 11 is 1.48. The van der Waals surface area contributed by atoms with Gasteiger partial charge in [0, 0.05) is 29.4 Å². The number of imidazole rings is 1. The molecule has 7 heteroatoms. The van der Waals surface area contributed by atoms with E-state index in [4.69, 9.17) is 0 Å². The maximum Gasteiger partial charge on any atom is 0.328 e. The van der Waals surface area contributed by atoms with Crippen LogP contribution in [0.1, 0.15) is 10.4 Å². The van der Waals surface area contributed by atoms with Gasteiger partial charge in [0.25, 0.3) is 5.91 Å². The van der Waals surface area contributed by atoms with Gasteiger partial charge in [-0.25, -0.2) is 9.18 Å². The molecule has 146 valence electrons. The Kier molecular flexibility index (Phi) is 4.98. The minimum atomic E-state index is -0.475. The SMILES string of the molecule is Cn1c(=O)n(C)c2cc(Sc3ccccc3)c(NC(=O)c3cccc(F)c3)cc21. The van der Waals surface area contributed by atoms with E-state index in [1.165, 1.54) is 34.5 Å². The van der Waals surface area contributed by atoms with E-state index >= 15 is 0 Å². The van der Waals surface area contributed by atoms with Crippen molar-refractivity contribution >= 4 is 34.4 Å². The van der Waals surface area contributed by atoms with Gasteiger partial charge in [-0.1, -0.05) is 36.0 Å². The summed E-state index contributed by atoms with van der Waals surface area (Å²) < 4.78 is 16.6. The van der Waals surface area contributed by atoms with Gasteiger partial charge in [0.15, 0.2) is 0 Å². The molecule has 0 spiro atoms. The highest BCUT2D eigenvalue weighted by Crippen LogP contribution is 2.36. The van der Waals surface area contributed by atoms with E-state index in [2.05, 4.69) is 5.32 Å². The second-order valence-corrected chi connectivity index (χ2v) is 7.73. The third-order valence-corrected chi connectivity index (χ3v) is 5.74. The largest absolute Gasteiger partial charge is 0.328 e. The summed E-state index contributed by atoms with van der Waals surface area (Å²) in [4.78, 5) is 26.8. The minimum Gasteiger partial charge on any atom is -0.321 e. The van der Waals surface area contributed by atoms with E-state index in [1.54, 1.807) is 30.8 Å². The van der Waals surface area contributed by atoms with E-state index in [0.29, 0.717) is 11.2 Å². The quantitative estimate of drug-likeness (QED) is 0.545. The molecule has 0 fully saturated rings. The van der Waals surface area contributed by atoms with E-state index < -0.39 is 11.7 Å². The van der Waals surface area contributed by atoms with E-state index in [0.717, 1.165) is 15.3 Å². The molecule has 0 radical (unpaired) electrons. The van der Waals surface area contributed by atoms with Gasteiger partial charge in [0.2, 0.25) is 0 Å². The number of carbonyl (C=O) groups excluding carboxylic acids is 1. The Balaban J connectivity index is 1.81. The van der Waals surface area contributed by atoms with Gasteiger partial charge in [-0.2, -0.15) is 0 Å². The number of aryl methyl sites for hydroxylation is 2. The van der Waals surface area contributed by atoms with Crippen molar-refractivity contribution in [1.29, 1.82) is 0 Å². The zero-order chi connectivity index (χ0) is 20.5. The molecule has 5 nitrogen and oxygen atoms in total. The van der Waals surface area contributed by atoms with Crippen LogP contribution in [0.2, 0.25) is 0 Å². The monoisotopic (exact) mass is 407 g/mol. The molecule has 0 bridgehead atoms. The van der Waals surface area contributed by atoms with Gasteiger partial charge in [-0.15, -0.1) is 0 Å². The van der Waals surface area contributed by atoms with Crippen LogP contribution < -0.4 is 11.0 Å². The number of amides is 1. The van der Waals surface area contributed by atoms with Gasteiger partial charge >= 0.3 is 5.69 Å². The Morgan fingerprint density at radius 2 is 1.62 bits per heavy atom. The lowest BCUT2D eigenvalue weighted by Gasteiger charge is -2.12. The first-order chi connectivity index (χ1) is 13.9. The van der Waals surface area contributed by atoms with Crippen molar-refractivity contribution in [3.05, 3.63) is 88.6 Å². The van der Waals surface area contributed by atoms with E-state index in [1.807, 2.05) is 36.4 Å². The van der Waals surface area contributed by atoms with Crippen molar-refractivity contribution in [2.75, 3.05) is 5.32 Å². The molecule has 0 aliphatic rings. The van der Waals surface area contributed by atoms with Crippen LogP contribution in [0.4, 0.5) is 10.1 Å². The minimum absolute atomic E-state index is 0.149. The number of carbonyl (C=O) groups is 1. The van der Waals surface area contributed by atoms with E-state index in [-0.39, 0.29) is 11.3 Å². The lowest BCUT2D eigenvalue weighted by atomic mass is 10.2. The van der Waals surface area contributed by atoms with E-state index in [9.17, 15) is 14.0 Å². The fourth-order valence-electron chi connectivity index (χ4n) is 3.15. The average molecular weight is 407 g/mol. The predicted octanol–water partition coefficient (Wildman–Crippen LogP) is 4.42. The van der Waals surface area contributed by atoms with Crippen LogP contribution in [0.25, 0.3) is 11.0 Å². The van der Waals surface area contributed by atoms with Crippen LogP contribution in [0.15, 0.2) is 81.3 Å². The number of nitrogens with zero attached hydrogens (tertiary/aromatic N) is 2. The molecule has 1 aromatic heterocycles. The van der Waals surface area contributed by atoms with Crippen molar-refractivity contribution in [1.82, 2.24) is 9.13 Å². The number of benzene rings is 3. The molecule has 1 N–H and O–H groups in total. The highest BCUT2D eigenvalue weighted by molar-refractivity contribution is 7.99. The molecule has 4 aromatic rings. The maximum atomic E-state index is 13.5. The molecule has 0 aliphatic heterocycles. The summed E-state index contributed by atoms with van der Waals surface area (Å²) in [6.07, 6.45) is 0. The molecule has 0 unspecified atom stereocenters. The molecule has 0 aliphatic carbocycles. The van der Waals surface area contributed by atoms with Crippen LogP contribution >= 0.6 is 11.8 Å². The van der Waals surface area contributed by atoms with Gasteiger partial charge in [-0.05, 0) is 42.5 Å². The number of hydrogen-bond acceptors (Lipinski definition) is 3. The smallest absolute Gasteiger partial charge is 0.321 e. The molecule has 1 heterocycles. The number of aromatic nitrogens is 2. The first-order valence-corrected chi connectivity index (χ1v) is 9.75. The summed E-state index contributed by atoms with van der Waals surface area (Å²) in [6.45, 7) is 0. The Hall–Kier alpha value is -3.32. The summed E-state index contributed by atoms with van der Waals surface area (Å²) in [5, 5.41) is 2.87. The highest BCUT2D eigenvalue weighted by atomic mass is 32.2. The highest BCUT2D eigenvalue weighted by Gasteiger charge is 2.16. The van der Waals surface area contributed by atoms with Gasteiger partial charge < -0.3 is 5.32 Å². The van der Waals surface area contributed by atoms with Crippen LogP contribution in [0.5, 0.6) is 0 Å². The predicted molar refractivity (Wildman–Crippen MR) is 113 cm³/mol. The van der Waals surface area contributed by atoms with Gasteiger partial charge in [-0.3, -0.25) is 13.9 Å². The van der Waals surface area contributed by atoms with Crippen LogP contribution in [0.3, 0.4) is 0 Å². The molecule has 0 saturated carbocycles. The number of nitrogens with one attached hydrogen (secondary N) is 1. The Morgan fingerprint density at radius 1 is 0.931 bits per heavy atom. The van der Waals surface area contributed by atoms with Crippen molar-refractivity contribution < 1.29 is 9.18 Å². The summed E-state index contributed by atoms with van der Waals surface area (Å²) in [5.74, 6) is -0.892. The molecular formula is C22H18FN3O2S. The summed E-state index contributed by atoms with van der Waals surface area (Å²) in [6, 6.07) is 18.9. The van der Waals surface area contributed by atoms with Gasteiger partial charge in [0.1, 0.15) is 5.82 Å². The van der Waals surface area contributed by atoms with Crippen LogP contribution in [-0.2, 0) is 14.1 Å². The number of fused-ring (bicyclic) bond motifs is 1. The number of halogens is 1. The lowest BCUT2D eigenvalue weighted by Crippen LogP contribution is -2.19. The van der Waals surface area contributed by atoms with Crippen molar-refractivity contribution in [3.63, 3.8) is 0 Å². The standard InChI is InChI=1S/C22H18FN3O2S/c1-25-18-12-17(24-21(27)14-7-6-8-15(23)11-14)20(13-19(18)26(2)22(25)28)29-16-9-4-3-5-10-16/h3-13H,1-2H3,(H,24,27). The molecule has 0 atom stereocenters. The second kappa shape index (κ2) is 7.60. The fraction of sp³-hybridized carbons (Fsp3) is 0.0909. The Morgan fingerprint density at radius 3 is 2.31 bits per heavy atom. The van der Waals surface area contributed by atoms with Crippen LogP contribution in [-0.4, -0.2) is 15.0 Å².